The van der Waals surface area contributed by atoms with E-state index in [1.807, 2.05) is 0 Å². The average Bonchev–Trinajstić information content (AvgIpc) is 2.64. The van der Waals surface area contributed by atoms with Crippen LogP contribution >= 0.6 is 0 Å². The number of ether oxygens (including phenoxy) is 2. The standard InChI is InChI=1S/C20H19F3N4O2/c1-10(13-4-3-5-14(18(13)21)19(22)23)25-20-15-6-17(29-12-8-28-9-12)24-7-16(15)26-11(2)27-20/h3-7,10,12,19H,8-9H2,1-2H3,(H,25,26,27)/t10-/m1/s1. The Labute approximate surface area is 165 Å². The number of benzene rings is 1. The van der Waals surface area contributed by atoms with Gasteiger partial charge in [0.1, 0.15) is 23.6 Å². The van der Waals surface area contributed by atoms with Gasteiger partial charge in [-0.15, -0.1) is 0 Å². The van der Waals surface area contributed by atoms with E-state index in [0.717, 1.165) is 6.07 Å². The number of aromatic nitrogens is 3. The van der Waals surface area contributed by atoms with Crippen LogP contribution in [-0.4, -0.2) is 34.3 Å². The van der Waals surface area contributed by atoms with Crippen LogP contribution in [0.25, 0.3) is 10.9 Å². The highest BCUT2D eigenvalue weighted by Crippen LogP contribution is 2.31. The summed E-state index contributed by atoms with van der Waals surface area (Å²) in [5, 5.41) is 3.75. The number of pyridine rings is 1. The second kappa shape index (κ2) is 7.82. The number of alkyl halides is 2. The Balaban J connectivity index is 1.67. The molecule has 1 aliphatic rings. The van der Waals surface area contributed by atoms with Gasteiger partial charge in [0.05, 0.1) is 36.5 Å². The molecule has 0 radical (unpaired) electrons. The molecule has 1 atom stereocenters. The molecule has 6 nitrogen and oxygen atoms in total. The van der Waals surface area contributed by atoms with Crippen LogP contribution in [0.2, 0.25) is 0 Å². The summed E-state index contributed by atoms with van der Waals surface area (Å²) in [4.78, 5) is 13.0. The lowest BCUT2D eigenvalue weighted by Crippen LogP contribution is -2.38. The van der Waals surface area contributed by atoms with Crippen molar-refractivity contribution in [2.45, 2.75) is 32.4 Å². The van der Waals surface area contributed by atoms with Crippen LogP contribution in [0.4, 0.5) is 19.0 Å². The normalized spacial score (nSPS) is 15.4. The number of anilines is 1. The van der Waals surface area contributed by atoms with E-state index in [2.05, 4.69) is 20.3 Å². The number of hydrogen-bond donors (Lipinski definition) is 1. The van der Waals surface area contributed by atoms with Crippen molar-refractivity contribution in [1.82, 2.24) is 15.0 Å². The SMILES string of the molecule is Cc1nc(N[C@H](C)c2cccc(C(F)F)c2F)c2cc(OC3COC3)ncc2n1. The van der Waals surface area contributed by atoms with Gasteiger partial charge in [-0.25, -0.2) is 28.1 Å². The minimum absolute atomic E-state index is 0.0483. The van der Waals surface area contributed by atoms with Gasteiger partial charge in [-0.2, -0.15) is 0 Å². The second-order valence-electron chi connectivity index (χ2n) is 6.85. The minimum atomic E-state index is -2.88. The van der Waals surface area contributed by atoms with Gasteiger partial charge in [0.25, 0.3) is 6.43 Å². The first-order valence-electron chi connectivity index (χ1n) is 9.14. The molecule has 3 aromatic rings. The van der Waals surface area contributed by atoms with Crippen LogP contribution in [0.5, 0.6) is 5.88 Å². The Bertz CT molecular complexity index is 1040. The lowest BCUT2D eigenvalue weighted by Gasteiger charge is -2.26. The van der Waals surface area contributed by atoms with Crippen molar-refractivity contribution in [2.75, 3.05) is 18.5 Å². The number of nitrogens with zero attached hydrogens (tertiary/aromatic N) is 3. The van der Waals surface area contributed by atoms with Crippen molar-refractivity contribution in [3.63, 3.8) is 0 Å². The van der Waals surface area contributed by atoms with Gasteiger partial charge in [-0.3, -0.25) is 0 Å². The molecule has 29 heavy (non-hydrogen) atoms. The monoisotopic (exact) mass is 404 g/mol. The molecule has 0 aliphatic carbocycles. The smallest absolute Gasteiger partial charge is 0.266 e. The predicted molar refractivity (Wildman–Crippen MR) is 101 cm³/mol. The van der Waals surface area contributed by atoms with Crippen molar-refractivity contribution in [3.05, 3.63) is 53.2 Å². The second-order valence-corrected chi connectivity index (χ2v) is 6.85. The maximum absolute atomic E-state index is 14.5. The fourth-order valence-electron chi connectivity index (χ4n) is 3.11. The summed E-state index contributed by atoms with van der Waals surface area (Å²) < 4.78 is 51.4. The maximum Gasteiger partial charge on any atom is 0.266 e. The third-order valence-electron chi connectivity index (χ3n) is 4.68. The molecule has 0 spiro atoms. The fraction of sp³-hybridized carbons (Fsp3) is 0.350. The van der Waals surface area contributed by atoms with E-state index in [1.54, 1.807) is 26.1 Å². The molecule has 1 fully saturated rings. The first kappa shape index (κ1) is 19.4. The summed E-state index contributed by atoms with van der Waals surface area (Å²) in [7, 11) is 0. The van der Waals surface area contributed by atoms with Crippen LogP contribution in [0.15, 0.2) is 30.5 Å². The molecule has 1 aromatic carbocycles. The molecular weight excluding hydrogens is 385 g/mol. The molecule has 1 N–H and O–H groups in total. The molecule has 0 unspecified atom stereocenters. The zero-order valence-corrected chi connectivity index (χ0v) is 15.8. The third-order valence-corrected chi connectivity index (χ3v) is 4.68. The van der Waals surface area contributed by atoms with E-state index in [1.165, 1.54) is 12.1 Å². The Morgan fingerprint density at radius 2 is 1.97 bits per heavy atom. The van der Waals surface area contributed by atoms with Crippen LogP contribution in [0.1, 0.15) is 36.3 Å². The zero-order chi connectivity index (χ0) is 20.5. The summed E-state index contributed by atoms with van der Waals surface area (Å²) >= 11 is 0. The van der Waals surface area contributed by atoms with E-state index >= 15 is 0 Å². The molecule has 0 saturated carbocycles. The Hall–Kier alpha value is -2.94. The molecule has 4 rings (SSSR count). The highest BCUT2D eigenvalue weighted by molar-refractivity contribution is 5.89. The van der Waals surface area contributed by atoms with Gasteiger partial charge in [-0.05, 0) is 13.8 Å². The molecule has 1 saturated heterocycles. The largest absolute Gasteiger partial charge is 0.469 e. The molecular formula is C20H19F3N4O2. The maximum atomic E-state index is 14.5. The van der Waals surface area contributed by atoms with Gasteiger partial charge in [-0.1, -0.05) is 18.2 Å². The first-order chi connectivity index (χ1) is 13.9. The predicted octanol–water partition coefficient (Wildman–Crippen LogP) is 4.36. The van der Waals surface area contributed by atoms with Crippen LogP contribution < -0.4 is 10.1 Å². The van der Waals surface area contributed by atoms with Gasteiger partial charge >= 0.3 is 0 Å². The average molecular weight is 404 g/mol. The van der Waals surface area contributed by atoms with Crippen molar-refractivity contribution >= 4 is 16.7 Å². The molecule has 3 heterocycles. The van der Waals surface area contributed by atoms with E-state index in [9.17, 15) is 13.2 Å². The van der Waals surface area contributed by atoms with E-state index in [0.29, 0.717) is 41.6 Å². The van der Waals surface area contributed by atoms with Gasteiger partial charge in [0.2, 0.25) is 5.88 Å². The van der Waals surface area contributed by atoms with E-state index in [4.69, 9.17) is 9.47 Å². The van der Waals surface area contributed by atoms with Crippen molar-refractivity contribution in [1.29, 1.82) is 0 Å². The summed E-state index contributed by atoms with van der Waals surface area (Å²) in [6.07, 6.45) is -1.36. The van der Waals surface area contributed by atoms with Gasteiger partial charge in [0.15, 0.2) is 0 Å². The Morgan fingerprint density at radius 3 is 2.66 bits per heavy atom. The van der Waals surface area contributed by atoms with Crippen molar-refractivity contribution in [3.8, 4) is 5.88 Å². The number of halogens is 3. The third kappa shape index (κ3) is 3.95. The molecule has 9 heteroatoms. The lowest BCUT2D eigenvalue weighted by molar-refractivity contribution is -0.0812. The summed E-state index contributed by atoms with van der Waals surface area (Å²) in [6, 6.07) is 5.07. The quantitative estimate of drug-likeness (QED) is 0.658. The highest BCUT2D eigenvalue weighted by atomic mass is 19.3. The Kier molecular flexibility index (Phi) is 5.23. The molecule has 2 aromatic heterocycles. The van der Waals surface area contributed by atoms with Crippen LogP contribution in [-0.2, 0) is 4.74 Å². The number of hydrogen-bond acceptors (Lipinski definition) is 6. The zero-order valence-electron chi connectivity index (χ0n) is 15.8. The van der Waals surface area contributed by atoms with Gasteiger partial charge < -0.3 is 14.8 Å². The lowest BCUT2D eigenvalue weighted by atomic mass is 10.0. The molecule has 152 valence electrons. The number of aryl methyl sites for hydroxylation is 1. The van der Waals surface area contributed by atoms with E-state index < -0.39 is 23.8 Å². The fourth-order valence-corrected chi connectivity index (χ4v) is 3.11. The summed E-state index contributed by atoms with van der Waals surface area (Å²) in [6.45, 7) is 4.42. The van der Waals surface area contributed by atoms with Crippen LogP contribution in [0.3, 0.4) is 0 Å². The number of nitrogens with one attached hydrogen (secondary N) is 1. The molecule has 0 amide bonds. The van der Waals surface area contributed by atoms with Gasteiger partial charge in [0, 0.05) is 17.0 Å². The topological polar surface area (TPSA) is 69.2 Å². The molecule has 1 aliphatic heterocycles. The Morgan fingerprint density at radius 1 is 1.21 bits per heavy atom. The highest BCUT2D eigenvalue weighted by Gasteiger charge is 2.22. The van der Waals surface area contributed by atoms with Crippen molar-refractivity contribution < 1.29 is 22.6 Å². The number of rotatable bonds is 6. The molecule has 0 bridgehead atoms. The summed E-state index contributed by atoms with van der Waals surface area (Å²) in [5.41, 5.74) is 0.0954. The van der Waals surface area contributed by atoms with E-state index in [-0.39, 0.29) is 11.7 Å². The first-order valence-corrected chi connectivity index (χ1v) is 9.14. The number of fused-ring (bicyclic) bond motifs is 1. The summed E-state index contributed by atoms with van der Waals surface area (Å²) in [5.74, 6) is 0.420. The minimum Gasteiger partial charge on any atom is -0.469 e. The van der Waals surface area contributed by atoms with Crippen LogP contribution in [0, 0.1) is 12.7 Å². The van der Waals surface area contributed by atoms with Crippen molar-refractivity contribution in [2.24, 2.45) is 0 Å².